The monoisotopic (exact) mass is 515 g/mol. The summed E-state index contributed by atoms with van der Waals surface area (Å²) >= 11 is 0. The molecule has 0 amide bonds. The maximum Gasteiger partial charge on any atom is 0.154 e. The molecule has 0 atom stereocenters. The zero-order valence-electron chi connectivity index (χ0n) is 21.4. The lowest BCUT2D eigenvalue weighted by Gasteiger charge is -2.28. The van der Waals surface area contributed by atoms with Crippen molar-refractivity contribution in [1.29, 1.82) is 5.26 Å². The fourth-order valence-corrected chi connectivity index (χ4v) is 5.71. The van der Waals surface area contributed by atoms with Crippen LogP contribution < -0.4 is 4.74 Å². The summed E-state index contributed by atoms with van der Waals surface area (Å²) in [6.07, 6.45) is 0. The van der Waals surface area contributed by atoms with Gasteiger partial charge in [-0.25, -0.2) is 4.39 Å². The van der Waals surface area contributed by atoms with Crippen LogP contribution in [0.4, 0.5) is 4.39 Å². The van der Waals surface area contributed by atoms with Gasteiger partial charge in [0.25, 0.3) is 0 Å². The molecule has 0 spiro atoms. The van der Waals surface area contributed by atoms with Crippen molar-refractivity contribution in [3.63, 3.8) is 0 Å². The lowest BCUT2D eigenvalue weighted by atomic mass is 9.81. The van der Waals surface area contributed by atoms with E-state index in [-0.39, 0.29) is 5.82 Å². The van der Waals surface area contributed by atoms with Gasteiger partial charge in [-0.2, -0.15) is 5.26 Å². The highest BCUT2D eigenvalue weighted by atomic mass is 19.1. The van der Waals surface area contributed by atoms with Gasteiger partial charge in [-0.05, 0) is 39.8 Å². The van der Waals surface area contributed by atoms with Crippen molar-refractivity contribution in [3.8, 4) is 34.1 Å². The van der Waals surface area contributed by atoms with Gasteiger partial charge in [0, 0.05) is 27.6 Å². The Morgan fingerprint density at radius 2 is 1.07 bits per heavy atom. The van der Waals surface area contributed by atoms with Crippen LogP contribution in [-0.4, -0.2) is 0 Å². The Morgan fingerprint density at radius 3 is 1.62 bits per heavy atom. The molecule has 0 N–H and O–H groups in total. The molecule has 3 heteroatoms. The van der Waals surface area contributed by atoms with Crippen molar-refractivity contribution in [2.24, 2.45) is 0 Å². The Morgan fingerprint density at radius 1 is 0.575 bits per heavy atom. The molecule has 0 radical (unpaired) electrons. The minimum Gasteiger partial charge on any atom is -0.454 e. The first kappa shape index (κ1) is 23.6. The molecular formula is C37H22FNO. The summed E-state index contributed by atoms with van der Waals surface area (Å²) in [6, 6.07) is 45.0. The Hall–Kier alpha value is -5.46. The van der Waals surface area contributed by atoms with Gasteiger partial charge in [0.1, 0.15) is 23.2 Å². The largest absolute Gasteiger partial charge is 0.454 e. The summed E-state index contributed by atoms with van der Waals surface area (Å²) in [5.41, 5.74) is 6.97. The zero-order chi connectivity index (χ0) is 27.1. The Kier molecular flexibility index (Phi) is 5.73. The van der Waals surface area contributed by atoms with Crippen LogP contribution in [0.1, 0.15) is 22.3 Å². The van der Waals surface area contributed by atoms with Gasteiger partial charge in [0.15, 0.2) is 5.75 Å². The first-order chi connectivity index (χ1) is 19.7. The predicted octanol–water partition coefficient (Wildman–Crippen LogP) is 9.49. The molecule has 1 aliphatic heterocycles. The summed E-state index contributed by atoms with van der Waals surface area (Å²) in [5, 5.41) is 12.1. The molecular weight excluding hydrogens is 493 g/mol. The summed E-state index contributed by atoms with van der Waals surface area (Å²) in [6.45, 7) is 0. The lowest BCUT2D eigenvalue weighted by Crippen LogP contribution is -2.10. The second kappa shape index (κ2) is 9.69. The van der Waals surface area contributed by atoms with Gasteiger partial charge in [-0.3, -0.25) is 0 Å². The molecule has 1 aliphatic rings. The normalized spacial score (nSPS) is 12.2. The van der Waals surface area contributed by atoms with Gasteiger partial charge in [-0.15, -0.1) is 0 Å². The molecule has 0 saturated carbocycles. The number of benzene rings is 6. The molecule has 0 saturated heterocycles. The highest BCUT2D eigenvalue weighted by Gasteiger charge is 2.32. The van der Waals surface area contributed by atoms with Crippen LogP contribution in [0.25, 0.3) is 44.4 Å². The van der Waals surface area contributed by atoms with Crippen LogP contribution in [0.15, 0.2) is 133 Å². The SMILES string of the molecule is N#Cc1c(-c2ccccc2)c(-c2ccccc2)c2cc(F)cc3c2c1OC(c1ccccc1)=C3c1ccccc1. The fourth-order valence-electron chi connectivity index (χ4n) is 5.71. The van der Waals surface area contributed by atoms with E-state index in [0.29, 0.717) is 28.0 Å². The summed E-state index contributed by atoms with van der Waals surface area (Å²) in [5.74, 6) is 0.691. The van der Waals surface area contributed by atoms with Crippen molar-refractivity contribution >= 4 is 22.1 Å². The molecule has 0 bridgehead atoms. The van der Waals surface area contributed by atoms with Crippen LogP contribution in [0.3, 0.4) is 0 Å². The van der Waals surface area contributed by atoms with Crippen LogP contribution >= 0.6 is 0 Å². The van der Waals surface area contributed by atoms with E-state index in [1.165, 1.54) is 0 Å². The maximum atomic E-state index is 15.7. The third kappa shape index (κ3) is 3.78. The number of rotatable bonds is 4. The number of halogens is 1. The van der Waals surface area contributed by atoms with E-state index < -0.39 is 0 Å². The second-order valence-electron chi connectivity index (χ2n) is 9.71. The Balaban J connectivity index is 1.70. The fraction of sp³-hybridized carbons (Fsp3) is 0. The third-order valence-electron chi connectivity index (χ3n) is 7.36. The van der Waals surface area contributed by atoms with Gasteiger partial charge in [0.2, 0.25) is 0 Å². The molecule has 7 rings (SSSR count). The first-order valence-corrected chi connectivity index (χ1v) is 13.1. The summed E-state index contributed by atoms with van der Waals surface area (Å²) in [4.78, 5) is 0. The maximum absolute atomic E-state index is 15.7. The van der Waals surface area contributed by atoms with E-state index in [1.807, 2.05) is 121 Å². The van der Waals surface area contributed by atoms with Crippen LogP contribution in [-0.2, 0) is 0 Å². The second-order valence-corrected chi connectivity index (χ2v) is 9.71. The minimum absolute atomic E-state index is 0.350. The average molecular weight is 516 g/mol. The van der Waals surface area contributed by atoms with Gasteiger partial charge < -0.3 is 4.74 Å². The van der Waals surface area contributed by atoms with E-state index in [1.54, 1.807) is 12.1 Å². The average Bonchev–Trinajstić information content (AvgIpc) is 3.02. The number of hydrogen-bond donors (Lipinski definition) is 0. The molecule has 40 heavy (non-hydrogen) atoms. The smallest absolute Gasteiger partial charge is 0.154 e. The van der Waals surface area contributed by atoms with Crippen LogP contribution in [0, 0.1) is 17.1 Å². The molecule has 188 valence electrons. The van der Waals surface area contributed by atoms with Crippen LogP contribution in [0.2, 0.25) is 0 Å². The zero-order valence-corrected chi connectivity index (χ0v) is 21.4. The van der Waals surface area contributed by atoms with Crippen molar-refractivity contribution in [2.45, 2.75) is 0 Å². The van der Waals surface area contributed by atoms with Crippen LogP contribution in [0.5, 0.6) is 5.75 Å². The standard InChI is InChI=1S/C37H22FNO/c38-28-21-29-32(24-13-5-1-6-14-24)33(25-15-7-2-8-16-25)31(23-39)37-35(29)30(22-28)34(26-17-9-3-10-18-26)36(40-37)27-19-11-4-12-20-27/h1-22H. The molecule has 6 aromatic carbocycles. The molecule has 0 unspecified atom stereocenters. The molecule has 2 nitrogen and oxygen atoms in total. The quantitative estimate of drug-likeness (QED) is 0.234. The van der Waals surface area contributed by atoms with Crippen molar-refractivity contribution < 1.29 is 9.13 Å². The van der Waals surface area contributed by atoms with E-state index in [9.17, 15) is 5.26 Å². The summed E-state index contributed by atoms with van der Waals surface area (Å²) < 4.78 is 22.5. The first-order valence-electron chi connectivity index (χ1n) is 13.1. The number of nitrogens with zero attached hydrogens (tertiary/aromatic N) is 1. The van der Waals surface area contributed by atoms with E-state index in [4.69, 9.17) is 4.74 Å². The highest BCUT2D eigenvalue weighted by molar-refractivity contribution is 6.17. The van der Waals surface area contributed by atoms with Gasteiger partial charge in [0.05, 0.1) is 0 Å². The lowest BCUT2D eigenvalue weighted by molar-refractivity contribution is 0.518. The molecule has 0 aliphatic carbocycles. The highest BCUT2D eigenvalue weighted by Crippen LogP contribution is 2.53. The van der Waals surface area contributed by atoms with E-state index in [2.05, 4.69) is 6.07 Å². The molecule has 6 aromatic rings. The molecule has 1 heterocycles. The van der Waals surface area contributed by atoms with Crippen molar-refractivity contribution in [1.82, 2.24) is 0 Å². The Labute approximate surface area is 231 Å². The number of ether oxygens (including phenoxy) is 1. The van der Waals surface area contributed by atoms with Crippen molar-refractivity contribution in [3.05, 3.63) is 162 Å². The number of hydrogen-bond acceptors (Lipinski definition) is 2. The van der Waals surface area contributed by atoms with Crippen molar-refractivity contribution in [2.75, 3.05) is 0 Å². The Bertz CT molecular complexity index is 1960. The summed E-state index contributed by atoms with van der Waals surface area (Å²) in [7, 11) is 0. The van der Waals surface area contributed by atoms with Gasteiger partial charge in [-0.1, -0.05) is 121 Å². The predicted molar refractivity (Wildman–Crippen MR) is 159 cm³/mol. The molecule has 0 fully saturated rings. The number of nitriles is 1. The topological polar surface area (TPSA) is 33.0 Å². The molecule has 0 aromatic heterocycles. The third-order valence-corrected chi connectivity index (χ3v) is 7.36. The minimum atomic E-state index is -0.350. The van der Waals surface area contributed by atoms with E-state index in [0.717, 1.165) is 44.3 Å². The van der Waals surface area contributed by atoms with Gasteiger partial charge >= 0.3 is 0 Å². The van der Waals surface area contributed by atoms with E-state index >= 15 is 4.39 Å².